The molecule has 0 radical (unpaired) electrons. The van der Waals surface area contributed by atoms with Crippen molar-refractivity contribution in [1.82, 2.24) is 5.32 Å². The molecule has 0 spiro atoms. The van der Waals surface area contributed by atoms with E-state index in [1.807, 2.05) is 0 Å². The van der Waals surface area contributed by atoms with Crippen LogP contribution in [0.15, 0.2) is 30.3 Å². The van der Waals surface area contributed by atoms with Gasteiger partial charge in [-0.05, 0) is 37.3 Å². The van der Waals surface area contributed by atoms with E-state index in [-0.39, 0.29) is 12.1 Å². The summed E-state index contributed by atoms with van der Waals surface area (Å²) >= 11 is 0. The van der Waals surface area contributed by atoms with Crippen molar-refractivity contribution in [2.75, 3.05) is 13.2 Å². The van der Waals surface area contributed by atoms with Gasteiger partial charge >= 0.3 is 0 Å². The van der Waals surface area contributed by atoms with Crippen molar-refractivity contribution >= 4 is 0 Å². The Kier molecular flexibility index (Phi) is 4.79. The van der Waals surface area contributed by atoms with E-state index in [0.29, 0.717) is 5.92 Å². The molecule has 1 aromatic carbocycles. The Labute approximate surface area is 110 Å². The van der Waals surface area contributed by atoms with Gasteiger partial charge < -0.3 is 10.4 Å². The van der Waals surface area contributed by atoms with Crippen LogP contribution < -0.4 is 5.32 Å². The molecule has 100 valence electrons. The molecule has 1 aliphatic carbocycles. The highest BCUT2D eigenvalue weighted by molar-refractivity contribution is 5.18. The third kappa shape index (κ3) is 3.33. The van der Waals surface area contributed by atoms with Crippen LogP contribution in [-0.4, -0.2) is 23.8 Å². The predicted molar refractivity (Wildman–Crippen MR) is 75.8 cm³/mol. The molecule has 2 N–H and O–H groups in total. The summed E-state index contributed by atoms with van der Waals surface area (Å²) in [4.78, 5) is 0. The van der Waals surface area contributed by atoms with Gasteiger partial charge in [0, 0.05) is 5.54 Å². The minimum Gasteiger partial charge on any atom is -0.394 e. The van der Waals surface area contributed by atoms with E-state index in [4.69, 9.17) is 0 Å². The Bertz CT molecular complexity index is 343. The van der Waals surface area contributed by atoms with Gasteiger partial charge in [-0.3, -0.25) is 0 Å². The molecule has 2 rings (SSSR count). The Morgan fingerprint density at radius 2 is 1.89 bits per heavy atom. The van der Waals surface area contributed by atoms with E-state index in [2.05, 4.69) is 42.6 Å². The highest BCUT2D eigenvalue weighted by Gasteiger charge is 2.32. The molecule has 0 saturated heterocycles. The number of aliphatic hydroxyl groups excluding tert-OH is 1. The molecule has 18 heavy (non-hydrogen) atoms. The number of hydrogen-bond acceptors (Lipinski definition) is 2. The lowest BCUT2D eigenvalue weighted by Gasteiger charge is -2.28. The average molecular weight is 247 g/mol. The summed E-state index contributed by atoms with van der Waals surface area (Å²) in [6.07, 6.45) is 5.89. The molecule has 0 aliphatic heterocycles. The maximum Gasteiger partial charge on any atom is 0.0613 e. The van der Waals surface area contributed by atoms with Gasteiger partial charge in [-0.25, -0.2) is 0 Å². The van der Waals surface area contributed by atoms with E-state index < -0.39 is 0 Å². The van der Waals surface area contributed by atoms with Gasteiger partial charge in [0.1, 0.15) is 0 Å². The van der Waals surface area contributed by atoms with E-state index in [1.165, 1.54) is 18.4 Å². The van der Waals surface area contributed by atoms with Crippen LogP contribution >= 0.6 is 0 Å². The second kappa shape index (κ2) is 6.35. The number of rotatable bonds is 6. The molecule has 1 atom stereocenters. The van der Waals surface area contributed by atoms with Crippen molar-refractivity contribution < 1.29 is 5.11 Å². The molecule has 2 heteroatoms. The second-order valence-corrected chi connectivity index (χ2v) is 5.67. The third-order valence-corrected chi connectivity index (χ3v) is 4.31. The Balaban J connectivity index is 1.78. The van der Waals surface area contributed by atoms with Crippen molar-refractivity contribution in [1.29, 1.82) is 0 Å². The lowest BCUT2D eigenvalue weighted by Crippen LogP contribution is -2.46. The van der Waals surface area contributed by atoms with Crippen LogP contribution in [0, 0.1) is 0 Å². The Morgan fingerprint density at radius 1 is 1.22 bits per heavy atom. The summed E-state index contributed by atoms with van der Waals surface area (Å²) in [7, 11) is 0. The Hall–Kier alpha value is -0.860. The summed E-state index contributed by atoms with van der Waals surface area (Å²) in [6.45, 7) is 3.56. The van der Waals surface area contributed by atoms with Crippen LogP contribution in [0.4, 0.5) is 0 Å². The predicted octanol–water partition coefficient (Wildman–Crippen LogP) is 3.07. The number of benzene rings is 1. The molecule has 0 bridgehead atoms. The maximum atomic E-state index is 9.54. The van der Waals surface area contributed by atoms with E-state index in [9.17, 15) is 5.11 Å². The summed E-state index contributed by atoms with van der Waals surface area (Å²) in [6, 6.07) is 10.7. The van der Waals surface area contributed by atoms with Gasteiger partial charge in [0.25, 0.3) is 0 Å². The standard InChI is InChI=1S/C16H25NO/c1-14(15-7-3-2-4-8-15)9-12-17-16(13-18)10-5-6-11-16/h2-4,7-8,14,17-18H,5-6,9-13H2,1H3. The summed E-state index contributed by atoms with van der Waals surface area (Å²) < 4.78 is 0. The minimum absolute atomic E-state index is 0.0242. The highest BCUT2D eigenvalue weighted by Crippen LogP contribution is 2.29. The zero-order valence-corrected chi connectivity index (χ0v) is 11.4. The summed E-state index contributed by atoms with van der Waals surface area (Å²) in [5, 5.41) is 13.1. The molecule has 0 amide bonds. The number of aliphatic hydroxyl groups is 1. The monoisotopic (exact) mass is 247 g/mol. The molecule has 1 unspecified atom stereocenters. The summed E-state index contributed by atoms with van der Waals surface area (Å²) in [5.41, 5.74) is 1.43. The van der Waals surface area contributed by atoms with Crippen molar-refractivity contribution in [3.8, 4) is 0 Å². The first kappa shape index (κ1) is 13.6. The van der Waals surface area contributed by atoms with Crippen LogP contribution in [-0.2, 0) is 0 Å². The first-order valence-corrected chi connectivity index (χ1v) is 7.17. The molecular formula is C16H25NO. The normalized spacial score (nSPS) is 19.9. The van der Waals surface area contributed by atoms with Crippen LogP contribution in [0.2, 0.25) is 0 Å². The molecule has 1 saturated carbocycles. The van der Waals surface area contributed by atoms with Crippen molar-refractivity contribution in [3.63, 3.8) is 0 Å². The largest absolute Gasteiger partial charge is 0.394 e. The first-order chi connectivity index (χ1) is 8.76. The zero-order valence-electron chi connectivity index (χ0n) is 11.4. The maximum absolute atomic E-state index is 9.54. The van der Waals surface area contributed by atoms with Crippen LogP contribution in [0.5, 0.6) is 0 Å². The van der Waals surface area contributed by atoms with E-state index in [1.54, 1.807) is 0 Å². The van der Waals surface area contributed by atoms with E-state index >= 15 is 0 Å². The third-order valence-electron chi connectivity index (χ3n) is 4.31. The van der Waals surface area contributed by atoms with Gasteiger partial charge in [-0.1, -0.05) is 50.1 Å². The molecule has 1 aromatic rings. The van der Waals surface area contributed by atoms with E-state index in [0.717, 1.165) is 25.8 Å². The van der Waals surface area contributed by atoms with Gasteiger partial charge in [-0.2, -0.15) is 0 Å². The zero-order chi connectivity index (χ0) is 12.8. The quantitative estimate of drug-likeness (QED) is 0.809. The fraction of sp³-hybridized carbons (Fsp3) is 0.625. The second-order valence-electron chi connectivity index (χ2n) is 5.67. The number of hydrogen-bond donors (Lipinski definition) is 2. The van der Waals surface area contributed by atoms with Gasteiger partial charge in [0.2, 0.25) is 0 Å². The van der Waals surface area contributed by atoms with Crippen LogP contribution in [0.3, 0.4) is 0 Å². The minimum atomic E-state index is 0.0242. The van der Waals surface area contributed by atoms with Crippen LogP contribution in [0.25, 0.3) is 0 Å². The number of nitrogens with one attached hydrogen (secondary N) is 1. The van der Waals surface area contributed by atoms with Gasteiger partial charge in [-0.15, -0.1) is 0 Å². The fourth-order valence-electron chi connectivity index (χ4n) is 2.94. The molecule has 1 aliphatic rings. The topological polar surface area (TPSA) is 32.3 Å². The van der Waals surface area contributed by atoms with Gasteiger partial charge in [0.15, 0.2) is 0 Å². The average Bonchev–Trinajstić information content (AvgIpc) is 2.89. The molecule has 2 nitrogen and oxygen atoms in total. The highest BCUT2D eigenvalue weighted by atomic mass is 16.3. The molecule has 0 aromatic heterocycles. The van der Waals surface area contributed by atoms with Crippen molar-refractivity contribution in [2.24, 2.45) is 0 Å². The van der Waals surface area contributed by atoms with Crippen LogP contribution in [0.1, 0.15) is 50.5 Å². The van der Waals surface area contributed by atoms with Gasteiger partial charge in [0.05, 0.1) is 6.61 Å². The molecule has 0 heterocycles. The smallest absolute Gasteiger partial charge is 0.0613 e. The molecule has 1 fully saturated rings. The van der Waals surface area contributed by atoms with Crippen molar-refractivity contribution in [3.05, 3.63) is 35.9 Å². The fourth-order valence-corrected chi connectivity index (χ4v) is 2.94. The summed E-state index contributed by atoms with van der Waals surface area (Å²) in [5.74, 6) is 0.579. The lowest BCUT2D eigenvalue weighted by molar-refractivity contribution is 0.163. The first-order valence-electron chi connectivity index (χ1n) is 7.17. The SMILES string of the molecule is CC(CCNC1(CO)CCCC1)c1ccccc1. The Morgan fingerprint density at radius 3 is 2.50 bits per heavy atom. The molecular weight excluding hydrogens is 222 g/mol. The lowest BCUT2D eigenvalue weighted by atomic mass is 9.95. The van der Waals surface area contributed by atoms with Crippen molar-refractivity contribution in [2.45, 2.75) is 50.5 Å².